The molecule has 0 spiro atoms. The number of carboxylic acids is 1. The van der Waals surface area contributed by atoms with Crippen LogP contribution >= 0.6 is 0 Å². The fourth-order valence-corrected chi connectivity index (χ4v) is 17.0. The average molecular weight is 1930 g/mol. The van der Waals surface area contributed by atoms with Gasteiger partial charge in [0.05, 0.1) is 6.54 Å². The third kappa shape index (κ3) is 33.8. The molecule has 8 rings (SSSR count). The predicted molar refractivity (Wildman–Crippen MR) is 536 cm³/mol. The van der Waals surface area contributed by atoms with Crippen LogP contribution in [0.5, 0.6) is 0 Å². The van der Waals surface area contributed by atoms with Crippen LogP contribution in [0.25, 0.3) is 43.6 Å². The molecule has 4 heterocycles. The van der Waals surface area contributed by atoms with Crippen molar-refractivity contribution in [3.8, 4) is 0 Å². The zero-order valence-corrected chi connectivity index (χ0v) is 81.1. The van der Waals surface area contributed by atoms with Gasteiger partial charge in [-0.2, -0.15) is 0 Å². The first-order chi connectivity index (χ1) is 67.0. The second-order valence-corrected chi connectivity index (χ2v) is 36.3. The van der Waals surface area contributed by atoms with Gasteiger partial charge in [-0.3, -0.25) is 62.3 Å². The topological polar surface area (TPSA) is 661 Å². The van der Waals surface area contributed by atoms with Gasteiger partial charge in [0.15, 0.2) is 0 Å². The molecule has 139 heavy (non-hydrogen) atoms. The molecule has 4 aromatic heterocycles. The summed E-state index contributed by atoms with van der Waals surface area (Å²) < 4.78 is 0. The number of aliphatic carboxylic acids is 1. The SMILES string of the molecule is CC[C@H](C)[C@H](NC(=O)CN)C(=O)N[C@@H](Cc1c[nH]c2ccccc12)C(=O)N[C@@H](CCCCN)C(=O)N[C@@H](CCCCN)C(=O)N[C@H](C(=O)N[C@@H](Cc1c[nH]c2ccccc12)C(=O)N[C@@H](CCCCN)C(=O)N[C@@H](CCCCN)C(=O)N[C@H](C(=O)N[C@@H](Cc1c[nH]c2ccccc12)C(=O)N[C@@H](CCCCN)C(=O)N[C@@H](CCCCN)C(=O)N[C@@H](Cc1c[nH]c2ccccc12)C(=O)O)[C@@H](C)CC)[C@@H](C)CC. The standard InChI is InChI=1S/C100H150N24O15/c1-7-59(4)85(122-84(125)54-107)97(135)118-80(50-62-55-108-70-34-14-10-30-66(62)70)94(132)116-75(39-19-25-45-102)89(127)113-78(42-22-28-48-105)92(130)124-87(61(6)9-3)99(137)120-82(52-64-57-110-72-36-16-12-32-68(64)72)96(134)117-76(40-20-26-46-103)90(128)114-79(43-23-29-49-106)93(131)123-86(60(5)8-2)98(136)119-81(51-63-56-109-71-35-15-11-31-67(63)71)95(133)115-74(38-18-24-44-101)88(126)112-77(41-21-27-47-104)91(129)121-83(100(138)139)53-65-58-111-73-37-17-13-33-69(65)73/h10-17,30-37,55-61,74-83,85-87,108-111H,7-9,18-29,38-54,101-107H2,1-6H3,(H,112,126)(H,113,127)(H,114,128)(H,115,133)(H,116,132)(H,117,134)(H,118,135)(H,119,136)(H,120,137)(H,121,129)(H,122,125)(H,123,131)(H,124,130)(H,138,139)/t59-,60-,61-,74-,75-,76-,77-,78-,79-,80-,81-,82-,83-,85-,86-,87-/m0/s1. The summed E-state index contributed by atoms with van der Waals surface area (Å²) in [6.45, 7) is 11.6. The van der Waals surface area contributed by atoms with E-state index in [1.54, 1.807) is 71.5 Å². The van der Waals surface area contributed by atoms with E-state index in [-0.39, 0.29) is 116 Å². The maximum Gasteiger partial charge on any atom is 0.326 e. The first kappa shape index (κ1) is 112. The van der Waals surface area contributed by atoms with E-state index in [4.69, 9.17) is 40.1 Å². The quantitative estimate of drug-likeness (QED) is 0.0243. The Hall–Kier alpha value is -12.7. The Balaban J connectivity index is 1.04. The molecule has 39 nitrogen and oxygen atoms in total. The van der Waals surface area contributed by atoms with Crippen molar-refractivity contribution in [3.63, 3.8) is 0 Å². The summed E-state index contributed by atoms with van der Waals surface area (Å²) in [5, 5.41) is 50.4. The molecule has 0 aliphatic rings. The van der Waals surface area contributed by atoms with Crippen molar-refractivity contribution in [1.29, 1.82) is 0 Å². The van der Waals surface area contributed by atoms with Crippen molar-refractivity contribution in [3.05, 3.63) is 144 Å². The lowest BCUT2D eigenvalue weighted by molar-refractivity contribution is -0.142. The number of rotatable bonds is 65. The number of carbonyl (C=O) groups is 14. The van der Waals surface area contributed by atoms with E-state index in [1.807, 2.05) is 91.9 Å². The number of H-pyrrole nitrogens is 4. The van der Waals surface area contributed by atoms with Crippen LogP contribution in [0.2, 0.25) is 0 Å². The average Bonchev–Trinajstić information content (AvgIpc) is 1.75. The Morgan fingerprint density at radius 3 is 0.669 bits per heavy atom. The van der Waals surface area contributed by atoms with E-state index in [1.165, 1.54) is 0 Å². The largest absolute Gasteiger partial charge is 0.480 e. The minimum atomic E-state index is -1.49. The minimum Gasteiger partial charge on any atom is -0.480 e. The molecule has 13 amide bonds. The van der Waals surface area contributed by atoms with Gasteiger partial charge in [-0.05, 0) is 219 Å². The number of amides is 13. The molecule has 0 aliphatic carbocycles. The minimum absolute atomic E-state index is 0.0111. The number of nitrogens with two attached hydrogens (primary N) is 7. The van der Waals surface area contributed by atoms with Crippen LogP contribution in [0.1, 0.15) is 199 Å². The van der Waals surface area contributed by atoms with Crippen molar-refractivity contribution < 1.29 is 72.2 Å². The fraction of sp³-hybridized carbons (Fsp3) is 0.540. The number of carboxylic acid groups (broad SMARTS) is 1. The van der Waals surface area contributed by atoms with Gasteiger partial charge in [-0.1, -0.05) is 134 Å². The smallest absolute Gasteiger partial charge is 0.326 e. The summed E-state index contributed by atoms with van der Waals surface area (Å²) in [6.07, 6.45) is 11.9. The first-order valence-corrected chi connectivity index (χ1v) is 49.2. The second kappa shape index (κ2) is 58.3. The number of para-hydroxylation sites is 4. The van der Waals surface area contributed by atoms with E-state index in [0.717, 1.165) is 21.8 Å². The Morgan fingerprint density at radius 2 is 0.453 bits per heavy atom. The molecule has 760 valence electrons. The number of aromatic amines is 4. The Bertz CT molecular complexity index is 5320. The summed E-state index contributed by atoms with van der Waals surface area (Å²) >= 11 is 0. The van der Waals surface area contributed by atoms with Gasteiger partial charge in [-0.25, -0.2) is 4.79 Å². The third-order valence-electron chi connectivity index (χ3n) is 26.0. The van der Waals surface area contributed by atoms with E-state index >= 15 is 38.4 Å². The molecule has 0 fully saturated rings. The van der Waals surface area contributed by atoms with E-state index < -0.39 is 186 Å². The van der Waals surface area contributed by atoms with Gasteiger partial charge in [-0.15, -0.1) is 0 Å². The summed E-state index contributed by atoms with van der Waals surface area (Å²) in [5.41, 5.74) is 47.1. The monoisotopic (exact) mass is 1930 g/mol. The molecule has 0 aliphatic heterocycles. The molecule has 0 radical (unpaired) electrons. The predicted octanol–water partition coefficient (Wildman–Crippen LogP) is 3.14. The summed E-state index contributed by atoms with van der Waals surface area (Å²) in [7, 11) is 0. The third-order valence-corrected chi connectivity index (χ3v) is 26.0. The Morgan fingerprint density at radius 1 is 0.259 bits per heavy atom. The molecule has 4 aromatic carbocycles. The summed E-state index contributed by atoms with van der Waals surface area (Å²) in [5.74, 6) is -13.0. The van der Waals surface area contributed by atoms with Crippen LogP contribution in [-0.4, -0.2) is 232 Å². The molecule has 0 saturated heterocycles. The molecular formula is C100H150N24O15. The molecule has 16 atom stereocenters. The van der Waals surface area contributed by atoms with Crippen LogP contribution in [0, 0.1) is 17.8 Å². The zero-order valence-electron chi connectivity index (χ0n) is 81.1. The fourth-order valence-electron chi connectivity index (χ4n) is 17.0. The van der Waals surface area contributed by atoms with Gasteiger partial charge in [0, 0.05) is 94.1 Å². The first-order valence-electron chi connectivity index (χ1n) is 49.2. The van der Waals surface area contributed by atoms with Crippen molar-refractivity contribution in [2.45, 2.75) is 281 Å². The van der Waals surface area contributed by atoms with Gasteiger partial charge in [0.25, 0.3) is 0 Å². The molecular weight excluding hydrogens is 1780 g/mol. The second-order valence-electron chi connectivity index (χ2n) is 36.3. The molecule has 8 aromatic rings. The number of benzene rings is 4. The number of hydrogen-bond acceptors (Lipinski definition) is 21. The molecule has 0 unspecified atom stereocenters. The molecule has 39 heteroatoms. The van der Waals surface area contributed by atoms with Crippen LogP contribution in [0.3, 0.4) is 0 Å². The molecule has 0 saturated carbocycles. The van der Waals surface area contributed by atoms with Gasteiger partial charge in [0.1, 0.15) is 78.5 Å². The lowest BCUT2D eigenvalue weighted by Gasteiger charge is -2.30. The van der Waals surface area contributed by atoms with E-state index in [9.17, 15) is 33.9 Å². The van der Waals surface area contributed by atoms with Crippen LogP contribution in [-0.2, 0) is 92.8 Å². The number of unbranched alkanes of at least 4 members (excludes halogenated alkanes) is 6. The summed E-state index contributed by atoms with van der Waals surface area (Å²) in [4.78, 5) is 220. The number of nitrogens with one attached hydrogen (secondary N) is 17. The van der Waals surface area contributed by atoms with Gasteiger partial charge < -0.3 is 134 Å². The number of carbonyl (C=O) groups excluding carboxylic acids is 13. The van der Waals surface area contributed by atoms with Crippen molar-refractivity contribution in [2.24, 2.45) is 57.9 Å². The van der Waals surface area contributed by atoms with Crippen LogP contribution in [0.4, 0.5) is 0 Å². The van der Waals surface area contributed by atoms with Crippen LogP contribution in [0.15, 0.2) is 122 Å². The molecule has 0 bridgehead atoms. The van der Waals surface area contributed by atoms with Gasteiger partial charge >= 0.3 is 5.97 Å². The van der Waals surface area contributed by atoms with Crippen molar-refractivity contribution in [1.82, 2.24) is 89.1 Å². The lowest BCUT2D eigenvalue weighted by atomic mass is 9.96. The van der Waals surface area contributed by atoms with E-state index in [0.29, 0.717) is 128 Å². The maximum atomic E-state index is 15.6. The van der Waals surface area contributed by atoms with E-state index in [2.05, 4.69) is 89.1 Å². The van der Waals surface area contributed by atoms with Crippen molar-refractivity contribution in [2.75, 3.05) is 45.8 Å². The van der Waals surface area contributed by atoms with Gasteiger partial charge in [0.2, 0.25) is 76.8 Å². The highest BCUT2D eigenvalue weighted by Gasteiger charge is 2.41. The Labute approximate surface area is 812 Å². The molecule has 32 N–H and O–H groups in total. The summed E-state index contributed by atoms with van der Waals surface area (Å²) in [6, 6.07) is 11.6. The highest BCUT2D eigenvalue weighted by atomic mass is 16.4. The Kier molecular flexibility index (Phi) is 46.8. The zero-order chi connectivity index (χ0) is 101. The van der Waals surface area contributed by atoms with Crippen molar-refractivity contribution >= 4 is 126 Å². The number of aromatic nitrogens is 4. The lowest BCUT2D eigenvalue weighted by Crippen LogP contribution is -2.62. The van der Waals surface area contributed by atoms with Crippen LogP contribution < -0.4 is 109 Å². The highest BCUT2D eigenvalue weighted by molar-refractivity contribution is 6.02. The maximum absolute atomic E-state index is 15.6. The number of hydrogen-bond donors (Lipinski definition) is 25. The normalized spacial score (nSPS) is 15.0. The highest BCUT2D eigenvalue weighted by Crippen LogP contribution is 2.27. The number of fused-ring (bicyclic) bond motifs is 4.